The van der Waals surface area contributed by atoms with Crippen LogP contribution in [0.5, 0.6) is 0 Å². The minimum atomic E-state index is -0.0692. The number of hydrogen-bond acceptors (Lipinski definition) is 6. The molecule has 4 rings (SSSR count). The first-order chi connectivity index (χ1) is 18.4. The van der Waals surface area contributed by atoms with Gasteiger partial charge >= 0.3 is 0 Å². The van der Waals surface area contributed by atoms with E-state index in [4.69, 9.17) is 14.2 Å². The summed E-state index contributed by atoms with van der Waals surface area (Å²) >= 11 is 0. The highest BCUT2D eigenvalue weighted by Gasteiger charge is 2.26. The fourth-order valence-electron chi connectivity index (χ4n) is 4.84. The van der Waals surface area contributed by atoms with E-state index in [0.29, 0.717) is 48.4 Å². The Hall–Kier alpha value is -3.32. The second-order valence-corrected chi connectivity index (χ2v) is 9.82. The lowest BCUT2D eigenvalue weighted by molar-refractivity contribution is -0.127. The van der Waals surface area contributed by atoms with E-state index in [9.17, 15) is 4.79 Å². The third-order valence-corrected chi connectivity index (χ3v) is 6.90. The topological polar surface area (TPSA) is 64.1 Å². The lowest BCUT2D eigenvalue weighted by Gasteiger charge is -2.27. The zero-order valence-corrected chi connectivity index (χ0v) is 23.8. The predicted molar refractivity (Wildman–Crippen MR) is 152 cm³/mol. The number of carbonyl (C=O) groups excluding carboxylic acids is 1. The maximum absolute atomic E-state index is 13.9. The molecule has 1 unspecified atom stereocenters. The van der Waals surface area contributed by atoms with Gasteiger partial charge in [0.25, 0.3) is 5.91 Å². The van der Waals surface area contributed by atoms with Gasteiger partial charge < -0.3 is 24.0 Å². The quantitative estimate of drug-likeness (QED) is 0.414. The molecule has 1 aromatic heterocycles. The molecule has 1 fully saturated rings. The van der Waals surface area contributed by atoms with E-state index in [0.717, 1.165) is 29.4 Å². The van der Waals surface area contributed by atoms with E-state index in [1.165, 1.54) is 19.3 Å². The monoisotopic (exact) mass is 521 g/mol. The predicted octanol–water partition coefficient (Wildman–Crippen LogP) is 5.83. The van der Waals surface area contributed by atoms with Gasteiger partial charge in [-0.2, -0.15) is 0 Å². The second kappa shape index (κ2) is 14.6. The van der Waals surface area contributed by atoms with Crippen LogP contribution < -0.4 is 0 Å². The molecule has 1 saturated heterocycles. The lowest BCUT2D eigenvalue weighted by Crippen LogP contribution is -2.36. The maximum Gasteiger partial charge on any atom is 0.254 e. The Balaban J connectivity index is 0.00000127. The van der Waals surface area contributed by atoms with Crippen LogP contribution in [0.15, 0.2) is 71.5 Å². The van der Waals surface area contributed by atoms with Crippen molar-refractivity contribution < 1.29 is 19.0 Å². The third-order valence-electron chi connectivity index (χ3n) is 6.90. The highest BCUT2D eigenvalue weighted by molar-refractivity contribution is 5.97. The highest BCUT2D eigenvalue weighted by atomic mass is 16.5. The molecule has 38 heavy (non-hydrogen) atoms. The summed E-state index contributed by atoms with van der Waals surface area (Å²) in [6.45, 7) is 6.49. The van der Waals surface area contributed by atoms with Crippen LogP contribution in [0.3, 0.4) is 0 Å². The Morgan fingerprint density at radius 3 is 2.53 bits per heavy atom. The molecular weight excluding hydrogens is 478 g/mol. The summed E-state index contributed by atoms with van der Waals surface area (Å²) in [4.78, 5) is 22.8. The van der Waals surface area contributed by atoms with Crippen LogP contribution in [-0.4, -0.2) is 68.2 Å². The van der Waals surface area contributed by atoms with Gasteiger partial charge in [-0.3, -0.25) is 9.78 Å². The van der Waals surface area contributed by atoms with Gasteiger partial charge in [-0.15, -0.1) is 0 Å². The van der Waals surface area contributed by atoms with Gasteiger partial charge in [0, 0.05) is 36.3 Å². The van der Waals surface area contributed by atoms with Crippen LogP contribution in [0.4, 0.5) is 0 Å². The summed E-state index contributed by atoms with van der Waals surface area (Å²) in [5.41, 5.74) is 2.46. The summed E-state index contributed by atoms with van der Waals surface area (Å²) in [5.74, 6) is 1.74. The van der Waals surface area contributed by atoms with Gasteiger partial charge in [0.2, 0.25) is 0 Å². The molecule has 7 nitrogen and oxygen atoms in total. The summed E-state index contributed by atoms with van der Waals surface area (Å²) in [6, 6.07) is 10.6. The lowest BCUT2D eigenvalue weighted by atomic mass is 10.1. The zero-order chi connectivity index (χ0) is 27.5. The number of pyridine rings is 1. The van der Waals surface area contributed by atoms with Gasteiger partial charge in [-0.25, -0.2) is 0 Å². The number of carbonyl (C=O) groups is 1. The number of benzene rings is 1. The first-order valence-electron chi connectivity index (χ1n) is 13.5. The number of aromatic nitrogens is 1. The number of rotatable bonds is 9. The van der Waals surface area contributed by atoms with Crippen LogP contribution >= 0.6 is 0 Å². The van der Waals surface area contributed by atoms with Crippen molar-refractivity contribution in [3.05, 3.63) is 77.1 Å². The van der Waals surface area contributed by atoms with Crippen molar-refractivity contribution in [1.29, 1.82) is 0 Å². The van der Waals surface area contributed by atoms with Gasteiger partial charge in [0.05, 0.1) is 33.3 Å². The smallest absolute Gasteiger partial charge is 0.254 e. The second-order valence-electron chi connectivity index (χ2n) is 9.82. The number of hydrogen-bond donors (Lipinski definition) is 0. The van der Waals surface area contributed by atoms with Crippen LogP contribution in [0.25, 0.3) is 10.9 Å². The number of likely N-dealkylation sites (tertiary alicyclic amines) is 1. The molecule has 1 aromatic carbocycles. The Labute approximate surface area is 227 Å². The molecule has 1 atom stereocenters. The molecule has 0 saturated carbocycles. The number of amides is 1. The third kappa shape index (κ3) is 7.60. The molecule has 2 aliphatic rings. The Morgan fingerprint density at radius 2 is 1.87 bits per heavy atom. The number of fused-ring (bicyclic) bond motifs is 1. The maximum atomic E-state index is 13.9. The summed E-state index contributed by atoms with van der Waals surface area (Å²) in [7, 11) is 6.95. The van der Waals surface area contributed by atoms with Gasteiger partial charge in [-0.1, -0.05) is 38.5 Å². The molecular formula is C31H43N3O4. The van der Waals surface area contributed by atoms with Crippen molar-refractivity contribution in [3.63, 3.8) is 0 Å². The molecule has 206 valence electrons. The SMILES string of the molecule is CCC.COC1=CC(C(=O)N(CCC2CCCN2C)Cc2cnc3ccccc3c2)=CC(OC)=C(OC)C1. The van der Waals surface area contributed by atoms with Crippen LogP contribution in [-0.2, 0) is 25.5 Å². The fourth-order valence-corrected chi connectivity index (χ4v) is 4.84. The summed E-state index contributed by atoms with van der Waals surface area (Å²) in [5, 5.41) is 1.07. The first kappa shape index (κ1) is 29.2. The molecule has 2 heterocycles. The molecule has 1 amide bonds. The van der Waals surface area contributed by atoms with Crippen LogP contribution in [0.1, 0.15) is 51.5 Å². The minimum Gasteiger partial charge on any atom is -0.501 e. The highest BCUT2D eigenvalue weighted by Crippen LogP contribution is 2.27. The van der Waals surface area contributed by atoms with Crippen molar-refractivity contribution in [1.82, 2.24) is 14.8 Å². The van der Waals surface area contributed by atoms with Crippen molar-refractivity contribution >= 4 is 16.8 Å². The molecule has 1 aliphatic heterocycles. The molecule has 0 N–H and O–H groups in total. The minimum absolute atomic E-state index is 0.0692. The van der Waals surface area contributed by atoms with E-state index >= 15 is 0 Å². The van der Waals surface area contributed by atoms with E-state index < -0.39 is 0 Å². The van der Waals surface area contributed by atoms with Gasteiger partial charge in [0.1, 0.15) is 11.5 Å². The van der Waals surface area contributed by atoms with E-state index in [1.807, 2.05) is 29.3 Å². The Bertz CT molecular complexity index is 1170. The van der Waals surface area contributed by atoms with Crippen molar-refractivity contribution in [2.45, 2.75) is 58.5 Å². The van der Waals surface area contributed by atoms with Gasteiger partial charge in [0.15, 0.2) is 5.76 Å². The van der Waals surface area contributed by atoms with E-state index in [2.05, 4.69) is 42.9 Å². The molecule has 0 bridgehead atoms. The van der Waals surface area contributed by atoms with Gasteiger partial charge in [-0.05, 0) is 62.7 Å². The number of methoxy groups -OCH3 is 3. The van der Waals surface area contributed by atoms with E-state index in [-0.39, 0.29) is 5.91 Å². The first-order valence-corrected chi connectivity index (χ1v) is 13.5. The number of allylic oxidation sites excluding steroid dienone is 1. The molecule has 0 radical (unpaired) electrons. The number of ether oxygens (including phenoxy) is 3. The standard InChI is InChI=1S/C28H35N3O4.C3H8/c1-30-12-7-9-23(30)11-13-31(19-20-14-21-8-5-6-10-25(21)29-18-20)28(32)22-15-24(33-2)17-27(35-4)26(16-22)34-3;1-3-2/h5-6,8,10,14-16,18,23H,7,9,11-13,17,19H2,1-4H3;3H2,1-2H3. The largest absolute Gasteiger partial charge is 0.501 e. The van der Waals surface area contributed by atoms with Crippen LogP contribution in [0, 0.1) is 0 Å². The fraction of sp³-hybridized carbons (Fsp3) is 0.484. The van der Waals surface area contributed by atoms with E-state index in [1.54, 1.807) is 33.5 Å². The van der Waals surface area contributed by atoms with Crippen molar-refractivity contribution in [3.8, 4) is 0 Å². The van der Waals surface area contributed by atoms with Crippen molar-refractivity contribution in [2.75, 3.05) is 41.5 Å². The van der Waals surface area contributed by atoms with Crippen LogP contribution in [0.2, 0.25) is 0 Å². The number of nitrogens with zero attached hydrogens (tertiary/aromatic N) is 3. The number of para-hydroxylation sites is 1. The molecule has 1 aliphatic carbocycles. The molecule has 2 aromatic rings. The Morgan fingerprint density at radius 1 is 1.11 bits per heavy atom. The average molecular weight is 522 g/mol. The Kier molecular flexibility index (Phi) is 11.2. The molecule has 7 heteroatoms. The average Bonchev–Trinajstić information content (AvgIpc) is 3.25. The van der Waals surface area contributed by atoms with Crippen molar-refractivity contribution in [2.24, 2.45) is 0 Å². The summed E-state index contributed by atoms with van der Waals surface area (Å²) in [6.07, 6.45) is 10.4. The zero-order valence-electron chi connectivity index (χ0n) is 23.8. The summed E-state index contributed by atoms with van der Waals surface area (Å²) < 4.78 is 16.6. The normalized spacial score (nSPS) is 17.7. The molecule has 0 spiro atoms.